The quantitative estimate of drug-likeness (QED) is 0.781. The third-order valence-electron chi connectivity index (χ3n) is 3.23. The van der Waals surface area contributed by atoms with Crippen LogP contribution >= 0.6 is 0 Å². The first-order valence-electron chi connectivity index (χ1n) is 6.07. The lowest BCUT2D eigenvalue weighted by Crippen LogP contribution is -2.44. The fraction of sp³-hybridized carbons (Fsp3) is 0.385. The van der Waals surface area contributed by atoms with Gasteiger partial charge in [0.2, 0.25) is 10.0 Å². The predicted octanol–water partition coefficient (Wildman–Crippen LogP) is 1.30. The number of sulfonamides is 1. The molecule has 2 rings (SSSR count). The Kier molecular flexibility index (Phi) is 3.98. The highest BCUT2D eigenvalue weighted by atomic mass is 32.2. The SMILES string of the molecule is N#Cc1cccc(S(=O)(=O)N2CCCCC2C=O)c1. The maximum atomic E-state index is 12.5. The molecule has 1 fully saturated rings. The van der Waals surface area contributed by atoms with Crippen molar-refractivity contribution in [1.29, 1.82) is 5.26 Å². The third kappa shape index (κ3) is 2.67. The van der Waals surface area contributed by atoms with Crippen molar-refractivity contribution in [2.75, 3.05) is 6.54 Å². The van der Waals surface area contributed by atoms with Gasteiger partial charge in [-0.05, 0) is 31.0 Å². The summed E-state index contributed by atoms with van der Waals surface area (Å²) in [5, 5.41) is 8.82. The molecule has 0 N–H and O–H groups in total. The van der Waals surface area contributed by atoms with Crippen LogP contribution in [0.25, 0.3) is 0 Å². The van der Waals surface area contributed by atoms with Gasteiger partial charge in [-0.3, -0.25) is 0 Å². The first-order valence-corrected chi connectivity index (χ1v) is 7.51. The Morgan fingerprint density at radius 1 is 1.37 bits per heavy atom. The van der Waals surface area contributed by atoms with Gasteiger partial charge in [0, 0.05) is 6.54 Å². The van der Waals surface area contributed by atoms with Crippen LogP contribution in [-0.2, 0) is 14.8 Å². The Balaban J connectivity index is 2.40. The lowest BCUT2D eigenvalue weighted by molar-refractivity contribution is -0.111. The van der Waals surface area contributed by atoms with Crippen molar-refractivity contribution in [3.8, 4) is 6.07 Å². The van der Waals surface area contributed by atoms with Crippen molar-refractivity contribution in [1.82, 2.24) is 4.31 Å². The van der Waals surface area contributed by atoms with E-state index in [1.807, 2.05) is 6.07 Å². The molecule has 0 aromatic heterocycles. The van der Waals surface area contributed by atoms with E-state index in [2.05, 4.69) is 0 Å². The minimum Gasteiger partial charge on any atom is -0.302 e. The molecular formula is C13H14N2O3S. The van der Waals surface area contributed by atoms with Crippen LogP contribution in [0.15, 0.2) is 29.2 Å². The number of piperidine rings is 1. The van der Waals surface area contributed by atoms with Crippen molar-refractivity contribution >= 4 is 16.3 Å². The van der Waals surface area contributed by atoms with E-state index >= 15 is 0 Å². The van der Waals surface area contributed by atoms with Gasteiger partial charge in [0.25, 0.3) is 0 Å². The highest BCUT2D eigenvalue weighted by Gasteiger charge is 2.33. The minimum absolute atomic E-state index is 0.0697. The van der Waals surface area contributed by atoms with Crippen molar-refractivity contribution in [2.24, 2.45) is 0 Å². The summed E-state index contributed by atoms with van der Waals surface area (Å²) in [4.78, 5) is 11.1. The molecule has 0 radical (unpaired) electrons. The maximum Gasteiger partial charge on any atom is 0.243 e. The van der Waals surface area contributed by atoms with Gasteiger partial charge in [0.1, 0.15) is 6.29 Å². The van der Waals surface area contributed by atoms with Gasteiger partial charge in [-0.15, -0.1) is 0 Å². The predicted molar refractivity (Wildman–Crippen MR) is 68.8 cm³/mol. The molecule has 0 saturated carbocycles. The second-order valence-corrected chi connectivity index (χ2v) is 6.35. The number of carbonyl (C=O) groups excluding carboxylic acids is 1. The second-order valence-electron chi connectivity index (χ2n) is 4.45. The molecule has 1 aliphatic rings. The molecule has 1 heterocycles. The Morgan fingerprint density at radius 2 is 2.16 bits per heavy atom. The molecule has 0 bridgehead atoms. The summed E-state index contributed by atoms with van der Waals surface area (Å²) in [6.07, 6.45) is 2.85. The van der Waals surface area contributed by atoms with E-state index in [1.54, 1.807) is 6.07 Å². The molecule has 1 aliphatic heterocycles. The molecular weight excluding hydrogens is 264 g/mol. The molecule has 0 amide bonds. The molecule has 6 heteroatoms. The number of carbonyl (C=O) groups is 1. The average molecular weight is 278 g/mol. The van der Waals surface area contributed by atoms with E-state index in [1.165, 1.54) is 22.5 Å². The molecule has 1 unspecified atom stereocenters. The first-order chi connectivity index (χ1) is 9.09. The lowest BCUT2D eigenvalue weighted by Gasteiger charge is -2.31. The Hall–Kier alpha value is -1.71. The van der Waals surface area contributed by atoms with Gasteiger partial charge in [0.15, 0.2) is 0 Å². The summed E-state index contributed by atoms with van der Waals surface area (Å²) in [7, 11) is -3.70. The number of hydrogen-bond donors (Lipinski definition) is 0. The molecule has 19 heavy (non-hydrogen) atoms. The highest BCUT2D eigenvalue weighted by molar-refractivity contribution is 7.89. The van der Waals surface area contributed by atoms with Gasteiger partial charge in [0.05, 0.1) is 22.6 Å². The van der Waals surface area contributed by atoms with Crippen LogP contribution in [0.2, 0.25) is 0 Å². The van der Waals surface area contributed by atoms with Crippen molar-refractivity contribution in [2.45, 2.75) is 30.2 Å². The van der Waals surface area contributed by atoms with Gasteiger partial charge < -0.3 is 4.79 Å². The van der Waals surface area contributed by atoms with Crippen molar-refractivity contribution in [3.05, 3.63) is 29.8 Å². The largest absolute Gasteiger partial charge is 0.302 e. The summed E-state index contributed by atoms with van der Waals surface area (Å²) >= 11 is 0. The van der Waals surface area contributed by atoms with Crippen LogP contribution < -0.4 is 0 Å². The van der Waals surface area contributed by atoms with Crippen molar-refractivity contribution < 1.29 is 13.2 Å². The van der Waals surface area contributed by atoms with Gasteiger partial charge in [-0.1, -0.05) is 12.5 Å². The van der Waals surface area contributed by atoms with Crippen LogP contribution in [0.1, 0.15) is 24.8 Å². The summed E-state index contributed by atoms with van der Waals surface area (Å²) in [5.74, 6) is 0. The van der Waals surface area contributed by atoms with Crippen molar-refractivity contribution in [3.63, 3.8) is 0 Å². The van der Waals surface area contributed by atoms with Crippen LogP contribution in [-0.4, -0.2) is 31.6 Å². The number of nitrogens with zero attached hydrogens (tertiary/aromatic N) is 2. The Bertz CT molecular complexity index is 619. The fourth-order valence-electron chi connectivity index (χ4n) is 2.23. The fourth-order valence-corrected chi connectivity index (χ4v) is 3.91. The number of hydrogen-bond acceptors (Lipinski definition) is 4. The monoisotopic (exact) mass is 278 g/mol. The highest BCUT2D eigenvalue weighted by Crippen LogP contribution is 2.24. The molecule has 0 aliphatic carbocycles. The molecule has 1 saturated heterocycles. The number of nitriles is 1. The zero-order valence-corrected chi connectivity index (χ0v) is 11.1. The zero-order chi connectivity index (χ0) is 13.9. The van der Waals surface area contributed by atoms with E-state index in [0.29, 0.717) is 24.8 Å². The van der Waals surface area contributed by atoms with E-state index in [-0.39, 0.29) is 4.90 Å². The number of benzene rings is 1. The second kappa shape index (κ2) is 5.51. The smallest absolute Gasteiger partial charge is 0.243 e. The lowest BCUT2D eigenvalue weighted by atomic mass is 10.1. The summed E-state index contributed by atoms with van der Waals surface area (Å²) in [5.41, 5.74) is 0.292. The Labute approximate surface area is 112 Å². The van der Waals surface area contributed by atoms with E-state index in [0.717, 1.165) is 12.8 Å². The van der Waals surface area contributed by atoms with Crippen LogP contribution in [0.3, 0.4) is 0 Å². The molecule has 1 atom stereocenters. The normalized spacial score (nSPS) is 20.7. The third-order valence-corrected chi connectivity index (χ3v) is 5.15. The maximum absolute atomic E-state index is 12.5. The zero-order valence-electron chi connectivity index (χ0n) is 10.3. The van der Waals surface area contributed by atoms with Gasteiger partial charge in [-0.25, -0.2) is 8.42 Å². The number of aldehydes is 1. The van der Waals surface area contributed by atoms with E-state index in [4.69, 9.17) is 5.26 Å². The van der Waals surface area contributed by atoms with Gasteiger partial charge in [-0.2, -0.15) is 9.57 Å². The first kappa shape index (κ1) is 13.7. The molecule has 0 spiro atoms. The average Bonchev–Trinajstić information content (AvgIpc) is 2.47. The molecule has 1 aromatic carbocycles. The summed E-state index contributed by atoms with van der Waals surface area (Å²) in [6, 6.07) is 7.19. The minimum atomic E-state index is -3.70. The van der Waals surface area contributed by atoms with E-state index < -0.39 is 16.1 Å². The van der Waals surface area contributed by atoms with E-state index in [9.17, 15) is 13.2 Å². The van der Waals surface area contributed by atoms with Crippen LogP contribution in [0.4, 0.5) is 0 Å². The Morgan fingerprint density at radius 3 is 2.84 bits per heavy atom. The molecule has 100 valence electrons. The van der Waals surface area contributed by atoms with Gasteiger partial charge >= 0.3 is 0 Å². The van der Waals surface area contributed by atoms with Crippen LogP contribution in [0.5, 0.6) is 0 Å². The summed E-state index contributed by atoms with van der Waals surface area (Å²) < 4.78 is 26.2. The standard InChI is InChI=1S/C13H14N2O3S/c14-9-11-4-3-6-13(8-11)19(17,18)15-7-2-1-5-12(15)10-16/h3-4,6,8,10,12H,1-2,5,7H2. The topological polar surface area (TPSA) is 78.2 Å². The summed E-state index contributed by atoms with van der Waals surface area (Å²) in [6.45, 7) is 0.350. The van der Waals surface area contributed by atoms with Crippen LogP contribution in [0, 0.1) is 11.3 Å². The molecule has 1 aromatic rings. The molecule has 5 nitrogen and oxygen atoms in total. The number of rotatable bonds is 3.